The monoisotopic (exact) mass is 311 g/mol. The van der Waals surface area contributed by atoms with Crippen molar-refractivity contribution >= 4 is 15.9 Å². The highest BCUT2D eigenvalue weighted by Gasteiger charge is 2.20. The van der Waals surface area contributed by atoms with Crippen molar-refractivity contribution in [3.05, 3.63) is 35.9 Å². The van der Waals surface area contributed by atoms with Gasteiger partial charge in [0.25, 0.3) is 0 Å². The fraction of sp³-hybridized carbons (Fsp3) is 0.600. The topological polar surface area (TPSA) is 23.5 Å². The molecule has 1 N–H and O–H groups in total. The van der Waals surface area contributed by atoms with Crippen molar-refractivity contribution in [2.75, 3.05) is 25.0 Å². The van der Waals surface area contributed by atoms with Crippen LogP contribution in [0.25, 0.3) is 0 Å². The van der Waals surface area contributed by atoms with E-state index in [0.717, 1.165) is 25.6 Å². The Balaban J connectivity index is 1.73. The molecule has 1 aliphatic rings. The standard InChI is InChI=1S/C15H22BrNO/c16-11-15(18)12-17-8-6-14(7-9-17)10-13-4-2-1-3-5-13/h1-5,14-15,18H,6-12H2. The van der Waals surface area contributed by atoms with Gasteiger partial charge in [0, 0.05) is 11.9 Å². The quantitative estimate of drug-likeness (QED) is 0.845. The number of aliphatic hydroxyl groups is 1. The van der Waals surface area contributed by atoms with E-state index in [1.165, 1.54) is 24.8 Å². The molecule has 0 saturated carbocycles. The van der Waals surface area contributed by atoms with Crippen LogP contribution in [-0.4, -0.2) is 41.1 Å². The predicted octanol–water partition coefficient (Wildman–Crippen LogP) is 2.70. The first-order chi connectivity index (χ1) is 8.78. The van der Waals surface area contributed by atoms with E-state index < -0.39 is 0 Å². The van der Waals surface area contributed by atoms with E-state index in [1.54, 1.807) is 0 Å². The van der Waals surface area contributed by atoms with Gasteiger partial charge in [0.05, 0.1) is 6.10 Å². The lowest BCUT2D eigenvalue weighted by Crippen LogP contribution is -2.39. The summed E-state index contributed by atoms with van der Waals surface area (Å²) in [6.07, 6.45) is 3.49. The summed E-state index contributed by atoms with van der Waals surface area (Å²) in [7, 11) is 0. The third kappa shape index (κ3) is 4.38. The van der Waals surface area contributed by atoms with Crippen molar-refractivity contribution in [2.45, 2.75) is 25.4 Å². The molecule has 1 unspecified atom stereocenters. The zero-order chi connectivity index (χ0) is 12.8. The van der Waals surface area contributed by atoms with Crippen molar-refractivity contribution in [3.8, 4) is 0 Å². The highest BCUT2D eigenvalue weighted by molar-refractivity contribution is 9.09. The third-order valence-corrected chi connectivity index (χ3v) is 4.47. The van der Waals surface area contributed by atoms with Crippen molar-refractivity contribution < 1.29 is 5.11 Å². The first kappa shape index (κ1) is 14.0. The van der Waals surface area contributed by atoms with Crippen LogP contribution in [0.2, 0.25) is 0 Å². The van der Waals surface area contributed by atoms with E-state index in [4.69, 9.17) is 0 Å². The van der Waals surface area contributed by atoms with Gasteiger partial charge in [-0.25, -0.2) is 0 Å². The molecule has 0 spiro atoms. The number of piperidine rings is 1. The van der Waals surface area contributed by atoms with Crippen LogP contribution in [0.1, 0.15) is 18.4 Å². The van der Waals surface area contributed by atoms with Crippen molar-refractivity contribution in [3.63, 3.8) is 0 Å². The Labute approximate surface area is 118 Å². The second-order valence-corrected chi connectivity index (χ2v) is 5.89. The Morgan fingerprint density at radius 2 is 1.89 bits per heavy atom. The molecule has 1 atom stereocenters. The van der Waals surface area contributed by atoms with Crippen LogP contribution in [0, 0.1) is 5.92 Å². The van der Waals surface area contributed by atoms with Gasteiger partial charge in [-0.15, -0.1) is 0 Å². The molecule has 2 rings (SSSR count). The average Bonchev–Trinajstić information content (AvgIpc) is 2.42. The maximum atomic E-state index is 9.62. The molecular formula is C15H22BrNO. The third-order valence-electron chi connectivity index (χ3n) is 3.72. The highest BCUT2D eigenvalue weighted by Crippen LogP contribution is 2.21. The molecule has 0 aliphatic carbocycles. The number of benzene rings is 1. The molecule has 0 radical (unpaired) electrons. The number of aliphatic hydroxyl groups excluding tert-OH is 1. The van der Waals surface area contributed by atoms with Crippen molar-refractivity contribution in [1.82, 2.24) is 4.90 Å². The summed E-state index contributed by atoms with van der Waals surface area (Å²) in [4.78, 5) is 2.38. The Morgan fingerprint density at radius 1 is 1.22 bits per heavy atom. The number of alkyl halides is 1. The minimum Gasteiger partial charge on any atom is -0.391 e. The molecule has 100 valence electrons. The highest BCUT2D eigenvalue weighted by atomic mass is 79.9. The largest absolute Gasteiger partial charge is 0.391 e. The van der Waals surface area contributed by atoms with Crippen LogP contribution in [0.3, 0.4) is 0 Å². The zero-order valence-corrected chi connectivity index (χ0v) is 12.3. The molecule has 0 amide bonds. The average molecular weight is 312 g/mol. The van der Waals surface area contributed by atoms with Crippen LogP contribution in [0.15, 0.2) is 30.3 Å². The molecule has 2 nitrogen and oxygen atoms in total. The van der Waals surface area contributed by atoms with E-state index in [-0.39, 0.29) is 6.10 Å². The van der Waals surface area contributed by atoms with E-state index >= 15 is 0 Å². The Morgan fingerprint density at radius 3 is 2.50 bits per heavy atom. The summed E-state index contributed by atoms with van der Waals surface area (Å²) < 4.78 is 0. The normalized spacial score (nSPS) is 19.9. The number of halogens is 1. The maximum Gasteiger partial charge on any atom is 0.0763 e. The molecule has 0 aromatic heterocycles. The van der Waals surface area contributed by atoms with Gasteiger partial charge < -0.3 is 10.0 Å². The summed E-state index contributed by atoms with van der Waals surface area (Å²) in [6, 6.07) is 10.8. The minimum absolute atomic E-state index is 0.226. The van der Waals surface area contributed by atoms with E-state index in [9.17, 15) is 5.11 Å². The number of likely N-dealkylation sites (tertiary alicyclic amines) is 1. The predicted molar refractivity (Wildman–Crippen MR) is 79.1 cm³/mol. The fourth-order valence-corrected chi connectivity index (χ4v) is 2.87. The molecule has 1 fully saturated rings. The fourth-order valence-electron chi connectivity index (χ4n) is 2.67. The van der Waals surface area contributed by atoms with Crippen LogP contribution >= 0.6 is 15.9 Å². The van der Waals surface area contributed by atoms with Gasteiger partial charge in [0.15, 0.2) is 0 Å². The van der Waals surface area contributed by atoms with Gasteiger partial charge >= 0.3 is 0 Å². The van der Waals surface area contributed by atoms with Crippen molar-refractivity contribution in [2.24, 2.45) is 5.92 Å². The molecular weight excluding hydrogens is 290 g/mol. The molecule has 18 heavy (non-hydrogen) atoms. The summed E-state index contributed by atoms with van der Waals surface area (Å²) in [5.74, 6) is 0.810. The number of rotatable bonds is 5. The van der Waals surface area contributed by atoms with E-state index in [0.29, 0.717) is 5.33 Å². The Hall–Kier alpha value is -0.380. The van der Waals surface area contributed by atoms with Gasteiger partial charge in [-0.3, -0.25) is 0 Å². The van der Waals surface area contributed by atoms with E-state index in [2.05, 4.69) is 51.2 Å². The molecule has 1 aliphatic heterocycles. The van der Waals surface area contributed by atoms with Gasteiger partial charge in [-0.05, 0) is 43.8 Å². The van der Waals surface area contributed by atoms with E-state index in [1.807, 2.05) is 0 Å². The lowest BCUT2D eigenvalue weighted by Gasteiger charge is -2.33. The SMILES string of the molecule is OC(CBr)CN1CCC(Cc2ccccc2)CC1. The number of β-amino-alcohol motifs (C(OH)–C–C–N with tert-alkyl or cyclic N) is 1. The van der Waals surface area contributed by atoms with Crippen molar-refractivity contribution in [1.29, 1.82) is 0 Å². The molecule has 1 heterocycles. The second-order valence-electron chi connectivity index (χ2n) is 5.24. The summed E-state index contributed by atoms with van der Waals surface area (Å²) in [5, 5.41) is 10.3. The van der Waals surface area contributed by atoms with Gasteiger partial charge in [-0.2, -0.15) is 0 Å². The van der Waals surface area contributed by atoms with Crippen LogP contribution < -0.4 is 0 Å². The van der Waals surface area contributed by atoms with Crippen LogP contribution in [0.5, 0.6) is 0 Å². The second kappa shape index (κ2) is 7.27. The molecule has 3 heteroatoms. The van der Waals surface area contributed by atoms with Gasteiger partial charge in [0.2, 0.25) is 0 Å². The number of hydrogen-bond acceptors (Lipinski definition) is 2. The minimum atomic E-state index is -0.226. The molecule has 0 bridgehead atoms. The lowest BCUT2D eigenvalue weighted by molar-refractivity contribution is 0.103. The first-order valence-electron chi connectivity index (χ1n) is 6.78. The summed E-state index contributed by atoms with van der Waals surface area (Å²) in [5.41, 5.74) is 1.46. The smallest absolute Gasteiger partial charge is 0.0763 e. The van der Waals surface area contributed by atoms with Gasteiger partial charge in [0.1, 0.15) is 0 Å². The number of nitrogens with zero attached hydrogens (tertiary/aromatic N) is 1. The number of hydrogen-bond donors (Lipinski definition) is 1. The van der Waals surface area contributed by atoms with Crippen LogP contribution in [0.4, 0.5) is 0 Å². The Kier molecular flexibility index (Phi) is 5.67. The molecule has 1 saturated heterocycles. The van der Waals surface area contributed by atoms with Gasteiger partial charge in [-0.1, -0.05) is 46.3 Å². The maximum absolute atomic E-state index is 9.62. The summed E-state index contributed by atoms with van der Waals surface area (Å²) in [6.45, 7) is 3.06. The molecule has 1 aromatic carbocycles. The Bertz CT molecular complexity index is 336. The summed E-state index contributed by atoms with van der Waals surface area (Å²) >= 11 is 3.32. The zero-order valence-electron chi connectivity index (χ0n) is 10.8. The molecule has 1 aromatic rings. The lowest BCUT2D eigenvalue weighted by atomic mass is 9.90. The first-order valence-corrected chi connectivity index (χ1v) is 7.90. The van der Waals surface area contributed by atoms with Crippen LogP contribution in [-0.2, 0) is 6.42 Å².